The summed E-state index contributed by atoms with van der Waals surface area (Å²) in [7, 11) is 0. The molecule has 0 bridgehead atoms. The van der Waals surface area contributed by atoms with Gasteiger partial charge in [-0.25, -0.2) is 4.98 Å². The van der Waals surface area contributed by atoms with Gasteiger partial charge in [-0.05, 0) is 55.7 Å². The quantitative estimate of drug-likeness (QED) is 0.307. The number of benzene rings is 2. The number of alkyl halides is 6. The third-order valence-corrected chi connectivity index (χ3v) is 5.72. The summed E-state index contributed by atoms with van der Waals surface area (Å²) in [4.78, 5) is 9.01. The molecule has 1 heterocycles. The molecule has 0 amide bonds. The van der Waals surface area contributed by atoms with E-state index in [2.05, 4.69) is 30.1 Å². The fraction of sp³-hybridized carbons (Fsp3) is 0.360. The highest BCUT2D eigenvalue weighted by Crippen LogP contribution is 2.32. The van der Waals surface area contributed by atoms with Crippen molar-refractivity contribution >= 4 is 17.5 Å². The van der Waals surface area contributed by atoms with E-state index >= 15 is 0 Å². The molecule has 1 aromatic heterocycles. The summed E-state index contributed by atoms with van der Waals surface area (Å²) in [6, 6.07) is 10.9. The van der Waals surface area contributed by atoms with Gasteiger partial charge in [-0.1, -0.05) is 31.4 Å². The standard InChI is InChI=1S/C25H24F6N4O2/c1-15-12-19(37-25(29,30)31)10-11-20(15)33-22-14-21(16-6-5-9-18(13-16)36-24(26,27)28)34-23(35-22)32-17-7-3-2-4-8-17/h5-6,9-14,17H,2-4,7-8H2,1H3,(H2,32,33,34,35). The smallest absolute Gasteiger partial charge is 0.406 e. The van der Waals surface area contributed by atoms with Gasteiger partial charge in [-0.15, -0.1) is 26.3 Å². The lowest BCUT2D eigenvalue weighted by Gasteiger charge is -2.23. The van der Waals surface area contributed by atoms with Crippen LogP contribution in [0, 0.1) is 6.92 Å². The third-order valence-electron chi connectivity index (χ3n) is 5.72. The molecule has 37 heavy (non-hydrogen) atoms. The molecule has 4 rings (SSSR count). The number of nitrogens with one attached hydrogen (secondary N) is 2. The number of hydrogen-bond donors (Lipinski definition) is 2. The second-order valence-electron chi connectivity index (χ2n) is 8.67. The minimum absolute atomic E-state index is 0.150. The van der Waals surface area contributed by atoms with Crippen molar-refractivity contribution in [2.24, 2.45) is 0 Å². The van der Waals surface area contributed by atoms with Crippen LogP contribution in [0.25, 0.3) is 11.3 Å². The predicted octanol–water partition coefficient (Wildman–Crippen LogP) is 7.74. The van der Waals surface area contributed by atoms with E-state index in [9.17, 15) is 26.3 Å². The summed E-state index contributed by atoms with van der Waals surface area (Å²) >= 11 is 0. The van der Waals surface area contributed by atoms with Gasteiger partial charge in [0.15, 0.2) is 0 Å². The molecular weight excluding hydrogens is 502 g/mol. The molecule has 1 aliphatic carbocycles. The van der Waals surface area contributed by atoms with Crippen LogP contribution in [0.1, 0.15) is 37.7 Å². The first-order chi connectivity index (χ1) is 17.4. The Kier molecular flexibility index (Phi) is 7.65. The number of rotatable bonds is 7. The molecule has 12 heteroatoms. The van der Waals surface area contributed by atoms with Crippen molar-refractivity contribution in [2.75, 3.05) is 10.6 Å². The van der Waals surface area contributed by atoms with Crippen molar-refractivity contribution in [2.45, 2.75) is 57.8 Å². The van der Waals surface area contributed by atoms with Gasteiger partial charge in [0.25, 0.3) is 0 Å². The van der Waals surface area contributed by atoms with Crippen molar-refractivity contribution in [3.8, 4) is 22.8 Å². The van der Waals surface area contributed by atoms with Crippen molar-refractivity contribution in [3.63, 3.8) is 0 Å². The van der Waals surface area contributed by atoms with Crippen molar-refractivity contribution < 1.29 is 35.8 Å². The van der Waals surface area contributed by atoms with E-state index in [1.807, 2.05) is 0 Å². The zero-order valence-corrected chi connectivity index (χ0v) is 19.7. The van der Waals surface area contributed by atoms with Crippen LogP contribution in [-0.2, 0) is 0 Å². The Morgan fingerprint density at radius 1 is 0.811 bits per heavy atom. The van der Waals surface area contributed by atoms with Crippen LogP contribution < -0.4 is 20.1 Å². The molecule has 0 radical (unpaired) electrons. The Labute approximate surface area is 209 Å². The molecule has 2 N–H and O–H groups in total. The van der Waals surface area contributed by atoms with Crippen LogP contribution in [0.15, 0.2) is 48.5 Å². The molecule has 1 fully saturated rings. The van der Waals surface area contributed by atoms with Crippen LogP contribution in [0.4, 0.5) is 43.8 Å². The van der Waals surface area contributed by atoms with E-state index in [1.54, 1.807) is 13.0 Å². The van der Waals surface area contributed by atoms with E-state index in [4.69, 9.17) is 0 Å². The zero-order chi connectivity index (χ0) is 26.6. The molecule has 6 nitrogen and oxygen atoms in total. The van der Waals surface area contributed by atoms with Gasteiger partial charge >= 0.3 is 12.7 Å². The van der Waals surface area contributed by atoms with Crippen LogP contribution in [-0.4, -0.2) is 28.7 Å². The Balaban J connectivity index is 1.65. The SMILES string of the molecule is Cc1cc(OC(F)(F)F)ccc1Nc1cc(-c2cccc(OC(F)(F)F)c2)nc(NC2CCCCC2)n1. The molecule has 3 aromatic rings. The largest absolute Gasteiger partial charge is 0.573 e. The lowest BCUT2D eigenvalue weighted by atomic mass is 9.96. The average molecular weight is 526 g/mol. The van der Waals surface area contributed by atoms with Gasteiger partial charge < -0.3 is 20.1 Å². The minimum Gasteiger partial charge on any atom is -0.406 e. The van der Waals surface area contributed by atoms with Gasteiger partial charge in [0.2, 0.25) is 5.95 Å². The fourth-order valence-electron chi connectivity index (χ4n) is 4.12. The maximum atomic E-state index is 12.7. The maximum Gasteiger partial charge on any atom is 0.573 e. The summed E-state index contributed by atoms with van der Waals surface area (Å²) < 4.78 is 83.8. The number of hydrogen-bond acceptors (Lipinski definition) is 6. The molecule has 2 aromatic carbocycles. The Bertz CT molecular complexity index is 1230. The lowest BCUT2D eigenvalue weighted by molar-refractivity contribution is -0.275. The van der Waals surface area contributed by atoms with Gasteiger partial charge in [0.05, 0.1) is 5.69 Å². The minimum atomic E-state index is -4.84. The summed E-state index contributed by atoms with van der Waals surface area (Å²) in [6.45, 7) is 1.60. The number of nitrogens with zero attached hydrogens (tertiary/aromatic N) is 2. The maximum absolute atomic E-state index is 12.7. The van der Waals surface area contributed by atoms with E-state index in [0.717, 1.165) is 32.1 Å². The van der Waals surface area contributed by atoms with Crippen molar-refractivity contribution in [1.29, 1.82) is 0 Å². The van der Waals surface area contributed by atoms with E-state index in [-0.39, 0.29) is 17.7 Å². The van der Waals surface area contributed by atoms with Crippen LogP contribution >= 0.6 is 0 Å². The topological polar surface area (TPSA) is 68.3 Å². The molecular formula is C25H24F6N4O2. The van der Waals surface area contributed by atoms with E-state index < -0.39 is 18.5 Å². The number of aryl methyl sites for hydroxylation is 1. The fourth-order valence-corrected chi connectivity index (χ4v) is 4.12. The first-order valence-electron chi connectivity index (χ1n) is 11.6. The van der Waals surface area contributed by atoms with E-state index in [1.165, 1.54) is 42.5 Å². The van der Waals surface area contributed by atoms with Crippen LogP contribution in [0.5, 0.6) is 11.5 Å². The Hall–Kier alpha value is -3.70. The molecule has 1 aliphatic rings. The molecule has 198 valence electrons. The normalized spacial score (nSPS) is 14.8. The highest BCUT2D eigenvalue weighted by Gasteiger charge is 2.32. The summed E-state index contributed by atoms with van der Waals surface area (Å²) in [5.74, 6) is -0.169. The number of aromatic nitrogens is 2. The molecule has 1 saturated carbocycles. The molecule has 0 atom stereocenters. The van der Waals surface area contributed by atoms with Gasteiger partial charge in [-0.2, -0.15) is 4.98 Å². The van der Waals surface area contributed by atoms with Gasteiger partial charge in [0, 0.05) is 23.4 Å². The zero-order valence-electron chi connectivity index (χ0n) is 19.7. The number of anilines is 3. The summed E-state index contributed by atoms with van der Waals surface area (Å²) in [5, 5.41) is 6.36. The molecule has 0 saturated heterocycles. The molecule has 0 unspecified atom stereocenters. The summed E-state index contributed by atoms with van der Waals surface area (Å²) in [6.07, 6.45) is -4.52. The number of halogens is 6. The average Bonchev–Trinajstić information content (AvgIpc) is 2.79. The van der Waals surface area contributed by atoms with Crippen LogP contribution in [0.2, 0.25) is 0 Å². The third kappa shape index (κ3) is 7.89. The number of ether oxygens (including phenoxy) is 2. The highest BCUT2D eigenvalue weighted by atomic mass is 19.4. The lowest BCUT2D eigenvalue weighted by Crippen LogP contribution is -2.23. The van der Waals surface area contributed by atoms with Gasteiger partial charge in [0.1, 0.15) is 17.3 Å². The van der Waals surface area contributed by atoms with Crippen molar-refractivity contribution in [1.82, 2.24) is 9.97 Å². The summed E-state index contributed by atoms with van der Waals surface area (Å²) in [5.41, 5.74) is 1.63. The highest BCUT2D eigenvalue weighted by molar-refractivity contribution is 5.69. The van der Waals surface area contributed by atoms with E-state index in [0.29, 0.717) is 28.3 Å². The van der Waals surface area contributed by atoms with Gasteiger partial charge in [-0.3, -0.25) is 0 Å². The van der Waals surface area contributed by atoms with Crippen LogP contribution in [0.3, 0.4) is 0 Å². The van der Waals surface area contributed by atoms with Crippen molar-refractivity contribution in [3.05, 3.63) is 54.1 Å². The monoisotopic (exact) mass is 526 g/mol. The first-order valence-corrected chi connectivity index (χ1v) is 11.6. The molecule has 0 spiro atoms. The second kappa shape index (κ2) is 10.7. The molecule has 0 aliphatic heterocycles. The first kappa shape index (κ1) is 26.4. The Morgan fingerprint density at radius 2 is 1.49 bits per heavy atom. The Morgan fingerprint density at radius 3 is 2.14 bits per heavy atom. The predicted molar refractivity (Wildman–Crippen MR) is 126 cm³/mol. The second-order valence-corrected chi connectivity index (χ2v) is 8.67.